The van der Waals surface area contributed by atoms with Gasteiger partial charge in [0.2, 0.25) is 0 Å². The first-order valence-electron chi connectivity index (χ1n) is 3.88. The van der Waals surface area contributed by atoms with E-state index in [0.29, 0.717) is 0 Å². The molecular weight excluding hydrogens is 186 g/mol. The van der Waals surface area contributed by atoms with Gasteiger partial charge in [0.05, 0.1) is 4.92 Å². The molecule has 0 fully saturated rings. The van der Waals surface area contributed by atoms with Crippen LogP contribution in [0.4, 0.5) is 5.69 Å². The molecule has 3 nitrogen and oxygen atoms in total. The van der Waals surface area contributed by atoms with Gasteiger partial charge in [-0.05, 0) is 18.7 Å². The minimum absolute atomic E-state index is 0.214. The first kappa shape index (κ1) is 10.1. The highest BCUT2D eigenvalue weighted by atomic mass is 32.2. The molecule has 0 saturated heterocycles. The summed E-state index contributed by atoms with van der Waals surface area (Å²) < 4.78 is 0. The summed E-state index contributed by atoms with van der Waals surface area (Å²) in [6.07, 6.45) is 1.98. The van der Waals surface area contributed by atoms with E-state index in [2.05, 4.69) is 0 Å². The zero-order chi connectivity index (χ0) is 9.84. The highest BCUT2D eigenvalue weighted by Gasteiger charge is 2.11. The van der Waals surface area contributed by atoms with Crippen molar-refractivity contribution in [2.24, 2.45) is 0 Å². The largest absolute Gasteiger partial charge is 0.272 e. The van der Waals surface area contributed by atoms with E-state index in [0.717, 1.165) is 16.9 Å². The summed E-state index contributed by atoms with van der Waals surface area (Å²) in [5, 5.41) is 10.6. The van der Waals surface area contributed by atoms with Crippen molar-refractivity contribution < 1.29 is 4.92 Å². The SMILES string of the molecule is CSCc1cccc([N+](=O)[O-])c1C. The minimum Gasteiger partial charge on any atom is -0.258 e. The summed E-state index contributed by atoms with van der Waals surface area (Å²) in [7, 11) is 0. The van der Waals surface area contributed by atoms with E-state index in [1.807, 2.05) is 12.3 Å². The summed E-state index contributed by atoms with van der Waals surface area (Å²) in [5.41, 5.74) is 2.04. The fourth-order valence-electron chi connectivity index (χ4n) is 1.18. The molecule has 0 atom stereocenters. The number of thioether (sulfide) groups is 1. The molecule has 0 aliphatic carbocycles. The van der Waals surface area contributed by atoms with E-state index in [4.69, 9.17) is 0 Å². The van der Waals surface area contributed by atoms with Gasteiger partial charge in [-0.1, -0.05) is 12.1 Å². The van der Waals surface area contributed by atoms with E-state index >= 15 is 0 Å². The molecular formula is C9H11NO2S. The van der Waals surface area contributed by atoms with Gasteiger partial charge in [0, 0.05) is 17.4 Å². The number of benzene rings is 1. The molecule has 0 spiro atoms. The van der Waals surface area contributed by atoms with E-state index in [9.17, 15) is 10.1 Å². The molecule has 0 aromatic heterocycles. The van der Waals surface area contributed by atoms with Crippen LogP contribution in [-0.2, 0) is 5.75 Å². The van der Waals surface area contributed by atoms with E-state index in [1.165, 1.54) is 0 Å². The van der Waals surface area contributed by atoms with Crippen LogP contribution in [0.2, 0.25) is 0 Å². The standard InChI is InChI=1S/C9H11NO2S/c1-7-8(6-13-2)4-3-5-9(7)10(11)12/h3-5H,6H2,1-2H3. The van der Waals surface area contributed by atoms with Gasteiger partial charge in [0.25, 0.3) is 5.69 Å². The summed E-state index contributed by atoms with van der Waals surface area (Å²) >= 11 is 1.67. The number of nitrogens with zero attached hydrogens (tertiary/aromatic N) is 1. The molecule has 70 valence electrons. The Kier molecular flexibility index (Phi) is 3.31. The van der Waals surface area contributed by atoms with E-state index in [-0.39, 0.29) is 10.6 Å². The van der Waals surface area contributed by atoms with Gasteiger partial charge in [-0.2, -0.15) is 11.8 Å². The van der Waals surface area contributed by atoms with Crippen molar-refractivity contribution in [2.45, 2.75) is 12.7 Å². The van der Waals surface area contributed by atoms with Crippen LogP contribution in [0.5, 0.6) is 0 Å². The maximum Gasteiger partial charge on any atom is 0.272 e. The van der Waals surface area contributed by atoms with Crippen LogP contribution < -0.4 is 0 Å². The molecule has 0 N–H and O–H groups in total. The summed E-state index contributed by atoms with van der Waals surface area (Å²) in [6.45, 7) is 1.80. The fourth-order valence-corrected chi connectivity index (χ4v) is 1.80. The van der Waals surface area contributed by atoms with Gasteiger partial charge in [-0.15, -0.1) is 0 Å². The van der Waals surface area contributed by atoms with Crippen LogP contribution in [-0.4, -0.2) is 11.2 Å². The van der Waals surface area contributed by atoms with Gasteiger partial charge in [-0.3, -0.25) is 10.1 Å². The smallest absolute Gasteiger partial charge is 0.258 e. The number of nitro groups is 1. The predicted molar refractivity (Wildman–Crippen MR) is 55.1 cm³/mol. The lowest BCUT2D eigenvalue weighted by molar-refractivity contribution is -0.385. The topological polar surface area (TPSA) is 43.1 Å². The normalized spacial score (nSPS) is 10.0. The Morgan fingerprint density at radius 2 is 2.23 bits per heavy atom. The molecule has 0 unspecified atom stereocenters. The van der Waals surface area contributed by atoms with E-state index < -0.39 is 0 Å². The second kappa shape index (κ2) is 4.28. The van der Waals surface area contributed by atoms with Gasteiger partial charge in [0.15, 0.2) is 0 Å². The highest BCUT2D eigenvalue weighted by molar-refractivity contribution is 7.97. The molecule has 0 radical (unpaired) electrons. The van der Waals surface area contributed by atoms with Crippen molar-refractivity contribution in [2.75, 3.05) is 6.26 Å². The molecule has 0 saturated carbocycles. The molecule has 0 amide bonds. The van der Waals surface area contributed by atoms with Crippen molar-refractivity contribution in [1.29, 1.82) is 0 Å². The Hall–Kier alpha value is -1.03. The summed E-state index contributed by atoms with van der Waals surface area (Å²) in [4.78, 5) is 10.2. The van der Waals surface area contributed by atoms with Crippen molar-refractivity contribution in [1.82, 2.24) is 0 Å². The molecule has 1 aromatic carbocycles. The van der Waals surface area contributed by atoms with Gasteiger partial charge >= 0.3 is 0 Å². The molecule has 1 rings (SSSR count). The molecule has 0 aliphatic heterocycles. The summed E-state index contributed by atoms with van der Waals surface area (Å²) in [6, 6.07) is 5.20. The molecule has 1 aromatic rings. The molecule has 0 bridgehead atoms. The quantitative estimate of drug-likeness (QED) is 0.552. The third kappa shape index (κ3) is 2.21. The van der Waals surface area contributed by atoms with E-state index in [1.54, 1.807) is 30.8 Å². The molecule has 0 heterocycles. The maximum atomic E-state index is 10.6. The average Bonchev–Trinajstić information content (AvgIpc) is 2.08. The third-order valence-electron chi connectivity index (χ3n) is 1.91. The van der Waals surface area contributed by atoms with Crippen molar-refractivity contribution >= 4 is 17.4 Å². The second-order valence-electron chi connectivity index (χ2n) is 2.75. The van der Waals surface area contributed by atoms with Crippen LogP contribution in [0.15, 0.2) is 18.2 Å². The number of hydrogen-bond donors (Lipinski definition) is 0. The Labute approximate surface area is 81.3 Å². The molecule has 0 aliphatic rings. The van der Waals surface area contributed by atoms with Crippen molar-refractivity contribution in [3.63, 3.8) is 0 Å². The van der Waals surface area contributed by atoms with Crippen LogP contribution in [0, 0.1) is 17.0 Å². The first-order valence-corrected chi connectivity index (χ1v) is 5.28. The van der Waals surface area contributed by atoms with Gasteiger partial charge < -0.3 is 0 Å². The number of rotatable bonds is 3. The van der Waals surface area contributed by atoms with Gasteiger partial charge in [0.1, 0.15) is 0 Å². The first-order chi connectivity index (χ1) is 6.16. The Balaban J connectivity index is 3.10. The number of nitro benzene ring substituents is 1. The van der Waals surface area contributed by atoms with Crippen LogP contribution >= 0.6 is 11.8 Å². The third-order valence-corrected chi connectivity index (χ3v) is 2.51. The lowest BCUT2D eigenvalue weighted by atomic mass is 10.1. The Bertz CT molecular complexity index is 325. The van der Waals surface area contributed by atoms with Gasteiger partial charge in [-0.25, -0.2) is 0 Å². The predicted octanol–water partition coefficient (Wildman–Crippen LogP) is 2.77. The maximum absolute atomic E-state index is 10.6. The lowest BCUT2D eigenvalue weighted by Gasteiger charge is -2.03. The monoisotopic (exact) mass is 197 g/mol. The van der Waals surface area contributed by atoms with Crippen LogP contribution in [0.25, 0.3) is 0 Å². The molecule has 4 heteroatoms. The second-order valence-corrected chi connectivity index (χ2v) is 3.62. The zero-order valence-corrected chi connectivity index (χ0v) is 8.43. The lowest BCUT2D eigenvalue weighted by Crippen LogP contribution is -1.94. The van der Waals surface area contributed by atoms with Crippen LogP contribution in [0.1, 0.15) is 11.1 Å². The number of hydrogen-bond acceptors (Lipinski definition) is 3. The van der Waals surface area contributed by atoms with Crippen molar-refractivity contribution in [3.05, 3.63) is 39.4 Å². The average molecular weight is 197 g/mol. The Morgan fingerprint density at radius 1 is 1.54 bits per heavy atom. The molecule has 13 heavy (non-hydrogen) atoms. The minimum atomic E-state index is -0.334. The zero-order valence-electron chi connectivity index (χ0n) is 7.61. The highest BCUT2D eigenvalue weighted by Crippen LogP contribution is 2.23. The van der Waals surface area contributed by atoms with Crippen molar-refractivity contribution in [3.8, 4) is 0 Å². The fraction of sp³-hybridized carbons (Fsp3) is 0.333. The van der Waals surface area contributed by atoms with Crippen LogP contribution in [0.3, 0.4) is 0 Å². The summed E-state index contributed by atoms with van der Waals surface area (Å²) in [5.74, 6) is 0.827. The Morgan fingerprint density at radius 3 is 2.77 bits per heavy atom.